The monoisotopic (exact) mass is 484 g/mol. The molecule has 0 aromatic heterocycles. The molecule has 0 rings (SSSR count). The molecule has 0 amide bonds. The van der Waals surface area contributed by atoms with Crippen LogP contribution in [0.3, 0.4) is 0 Å². The Bertz CT molecular complexity index is 261. The summed E-state index contributed by atoms with van der Waals surface area (Å²) < 4.78 is 0. The van der Waals surface area contributed by atoms with Crippen LogP contribution in [0, 0.1) is 91.9 Å². The van der Waals surface area contributed by atoms with E-state index in [-0.39, 0.29) is 34.1 Å². The molecule has 0 aliphatic rings. The van der Waals surface area contributed by atoms with Gasteiger partial charge in [-0.1, -0.05) is 0 Å². The van der Waals surface area contributed by atoms with Gasteiger partial charge in [-0.25, -0.2) is 0 Å². The molecule has 24 nitrogen and oxygen atoms in total. The summed E-state index contributed by atoms with van der Waals surface area (Å²) >= 11 is 0. The normalized spacial score (nSPS) is 5.54. The van der Waals surface area contributed by atoms with Gasteiger partial charge in [0.2, 0.25) is 0 Å². The first-order valence-corrected chi connectivity index (χ1v) is 3.29. The number of hydrogen-bond donors (Lipinski definition) is 0. The van der Waals surface area contributed by atoms with E-state index in [4.69, 9.17) is 91.9 Å². The zero-order valence-corrected chi connectivity index (χ0v) is 12.9. The molecule has 0 spiro atoms. The maximum Gasteiger partial charge on any atom is 3.00 e. The van der Waals surface area contributed by atoms with Crippen LogP contribution in [0.15, 0.2) is 0 Å². The molecule has 26 heteroatoms. The van der Waals surface area contributed by atoms with E-state index in [9.17, 15) is 0 Å². The zero-order valence-electron chi connectivity index (χ0n) is 10.7. The number of hydrogen-bond acceptors (Lipinski definition) is 18. The average molecular weight is 484 g/mol. The van der Waals surface area contributed by atoms with Crippen molar-refractivity contribution in [1.29, 1.82) is 0 Å². The van der Waals surface area contributed by atoms with Crippen molar-refractivity contribution in [3.63, 3.8) is 0 Å². The zero-order chi connectivity index (χ0) is 21.5. The standard InChI is InChI=1S/2Fe.6NO3/c;;6*2-1(3)4/q2*+3;6*-1. The third kappa shape index (κ3) is 530. The van der Waals surface area contributed by atoms with Crippen LogP contribution < -0.4 is 0 Å². The maximum absolute atomic E-state index is 8.25. The maximum atomic E-state index is 8.25. The molecule has 0 aliphatic carbocycles. The average Bonchev–Trinajstić information content (AvgIpc) is 2.08. The molecule has 0 N–H and O–H groups in total. The van der Waals surface area contributed by atoms with Crippen molar-refractivity contribution in [3.8, 4) is 0 Å². The molecule has 0 fully saturated rings. The summed E-state index contributed by atoms with van der Waals surface area (Å²) in [5.41, 5.74) is 0. The van der Waals surface area contributed by atoms with Crippen LogP contribution in [0.25, 0.3) is 0 Å². The van der Waals surface area contributed by atoms with Crippen LogP contribution >= 0.6 is 0 Å². The number of nitrogens with zero attached hydrogens (tertiary/aromatic N) is 6. The first-order chi connectivity index (χ1) is 10.4. The van der Waals surface area contributed by atoms with Gasteiger partial charge in [-0.3, -0.25) is 0 Å². The van der Waals surface area contributed by atoms with Gasteiger partial charge < -0.3 is 91.9 Å². The van der Waals surface area contributed by atoms with Gasteiger partial charge >= 0.3 is 34.1 Å². The molecular formula is Fe2N6O18. The van der Waals surface area contributed by atoms with Crippen LogP contribution in [-0.2, 0) is 34.1 Å². The Morgan fingerprint density at radius 3 is 0.269 bits per heavy atom. The molecule has 0 aliphatic heterocycles. The van der Waals surface area contributed by atoms with E-state index >= 15 is 0 Å². The molecule has 0 saturated heterocycles. The third-order valence-corrected chi connectivity index (χ3v) is 0. The fourth-order valence-electron chi connectivity index (χ4n) is 0. The molecule has 26 heavy (non-hydrogen) atoms. The van der Waals surface area contributed by atoms with E-state index in [1.807, 2.05) is 0 Å². The van der Waals surface area contributed by atoms with Crippen LogP contribution in [0.5, 0.6) is 0 Å². The summed E-state index contributed by atoms with van der Waals surface area (Å²) in [5.74, 6) is 0. The van der Waals surface area contributed by atoms with Gasteiger partial charge in [-0.15, -0.1) is 0 Å². The van der Waals surface area contributed by atoms with Crippen molar-refractivity contribution in [2.75, 3.05) is 0 Å². The van der Waals surface area contributed by atoms with Crippen LogP contribution in [0.4, 0.5) is 0 Å². The summed E-state index contributed by atoms with van der Waals surface area (Å²) in [4.78, 5) is 49.5. The van der Waals surface area contributed by atoms with E-state index in [2.05, 4.69) is 0 Å². The van der Waals surface area contributed by atoms with E-state index in [0.717, 1.165) is 0 Å². The van der Waals surface area contributed by atoms with E-state index in [1.165, 1.54) is 0 Å². The van der Waals surface area contributed by atoms with Gasteiger partial charge in [0, 0.05) is 0 Å². The Balaban J connectivity index is -0.0000000245. The third-order valence-electron chi connectivity index (χ3n) is 0. The molecule has 2 radical (unpaired) electrons. The topological polar surface area (TPSA) is 397 Å². The first-order valence-electron chi connectivity index (χ1n) is 3.29. The van der Waals surface area contributed by atoms with Gasteiger partial charge in [0.25, 0.3) is 0 Å². The van der Waals surface area contributed by atoms with E-state index in [1.54, 1.807) is 0 Å². The Morgan fingerprint density at radius 2 is 0.269 bits per heavy atom. The Labute approximate surface area is 157 Å². The van der Waals surface area contributed by atoms with Crippen LogP contribution in [0.2, 0.25) is 0 Å². The van der Waals surface area contributed by atoms with Crippen molar-refractivity contribution < 1.29 is 64.7 Å². The molecule has 0 atom stereocenters. The SMILES string of the molecule is O=[N+]([O-])[O-].O=[N+]([O-])[O-].O=[N+]([O-])[O-].O=[N+]([O-])[O-].O=[N+]([O-])[O-].O=[N+]([O-])[O-].[Fe+3].[Fe+3]. The van der Waals surface area contributed by atoms with Crippen molar-refractivity contribution in [1.82, 2.24) is 0 Å². The Hall–Kier alpha value is -3.76. The largest absolute Gasteiger partial charge is 3.00 e. The molecule has 0 unspecified atom stereocenters. The second kappa shape index (κ2) is 42.9. The number of rotatable bonds is 0. The van der Waals surface area contributed by atoms with Gasteiger partial charge in [-0.05, 0) is 0 Å². The second-order valence-electron chi connectivity index (χ2n) is 1.34. The Kier molecular flexibility index (Phi) is 81.7. The summed E-state index contributed by atoms with van der Waals surface area (Å²) in [6, 6.07) is 0. The second-order valence-corrected chi connectivity index (χ2v) is 1.34. The van der Waals surface area contributed by atoms with Gasteiger partial charge in [-0.2, -0.15) is 0 Å². The fourth-order valence-corrected chi connectivity index (χ4v) is 0. The van der Waals surface area contributed by atoms with Crippen molar-refractivity contribution >= 4 is 0 Å². The van der Waals surface area contributed by atoms with Gasteiger partial charge in [0.1, 0.15) is 0 Å². The minimum atomic E-state index is -1.75. The minimum absolute atomic E-state index is 0. The van der Waals surface area contributed by atoms with E-state index < -0.39 is 30.5 Å². The fraction of sp³-hybridized carbons (Fsp3) is 0. The van der Waals surface area contributed by atoms with Crippen LogP contribution in [-0.4, -0.2) is 30.5 Å². The van der Waals surface area contributed by atoms with Crippen LogP contribution in [0.1, 0.15) is 0 Å². The predicted molar refractivity (Wildman–Crippen MR) is 62.2 cm³/mol. The Morgan fingerprint density at radius 1 is 0.269 bits per heavy atom. The minimum Gasteiger partial charge on any atom is -0.356 e. The molecule has 0 heterocycles. The van der Waals surface area contributed by atoms with Crippen molar-refractivity contribution in [3.05, 3.63) is 91.9 Å². The predicted octanol–water partition coefficient (Wildman–Crippen LogP) is -1.44. The van der Waals surface area contributed by atoms with Crippen molar-refractivity contribution in [2.24, 2.45) is 0 Å². The van der Waals surface area contributed by atoms with E-state index in [0.29, 0.717) is 0 Å². The summed E-state index contributed by atoms with van der Waals surface area (Å²) in [7, 11) is 0. The molecule has 154 valence electrons. The van der Waals surface area contributed by atoms with Gasteiger partial charge in [0.15, 0.2) is 0 Å². The summed E-state index contributed by atoms with van der Waals surface area (Å²) in [6.45, 7) is 0. The first kappa shape index (κ1) is 49.5. The van der Waals surface area contributed by atoms with Crippen molar-refractivity contribution in [2.45, 2.75) is 0 Å². The summed E-state index contributed by atoms with van der Waals surface area (Å²) in [5, 5.41) is 88.5. The molecule has 0 aromatic carbocycles. The molecule has 0 saturated carbocycles. The summed E-state index contributed by atoms with van der Waals surface area (Å²) in [6.07, 6.45) is 0. The molecule has 0 aromatic rings. The quantitative estimate of drug-likeness (QED) is 0.216. The molecule has 0 bridgehead atoms. The molecular weight excluding hydrogens is 484 g/mol. The smallest absolute Gasteiger partial charge is 0.356 e. The van der Waals surface area contributed by atoms with Gasteiger partial charge in [0.05, 0.1) is 30.5 Å².